The van der Waals surface area contributed by atoms with Crippen molar-refractivity contribution in [1.29, 1.82) is 0 Å². The number of anilines is 1. The Morgan fingerprint density at radius 3 is 2.52 bits per heavy atom. The molecule has 0 spiro atoms. The summed E-state index contributed by atoms with van der Waals surface area (Å²) in [5.41, 5.74) is 1.16. The number of benzene rings is 2. The van der Waals surface area contributed by atoms with Gasteiger partial charge in [0, 0.05) is 11.6 Å². The van der Waals surface area contributed by atoms with Gasteiger partial charge in [0.1, 0.15) is 5.82 Å². The summed E-state index contributed by atoms with van der Waals surface area (Å²) >= 11 is 6.36. The number of carbonyl (C=O) groups excluding carboxylic acids is 1. The lowest BCUT2D eigenvalue weighted by molar-refractivity contribution is 0.227. The molecule has 25 heavy (non-hydrogen) atoms. The molecule has 132 valence electrons. The number of nitrogens with zero attached hydrogens (tertiary/aromatic N) is 1. The van der Waals surface area contributed by atoms with E-state index in [1.165, 1.54) is 12.1 Å². The minimum absolute atomic E-state index is 0.00238. The smallest absolute Gasteiger partial charge is 0.319 e. The minimum Gasteiger partial charge on any atom is -0.336 e. The third kappa shape index (κ3) is 4.50. The Morgan fingerprint density at radius 2 is 1.80 bits per heavy atom. The van der Waals surface area contributed by atoms with Crippen LogP contribution >= 0.6 is 11.6 Å². The SMILES string of the molecule is O=C(NCC(c1ccccc1Cl)N1CCCC1)Nc1ccccc1F. The molecule has 1 aliphatic heterocycles. The summed E-state index contributed by atoms with van der Waals surface area (Å²) < 4.78 is 13.6. The van der Waals surface area contributed by atoms with Gasteiger partial charge in [0.05, 0.1) is 11.7 Å². The van der Waals surface area contributed by atoms with Crippen molar-refractivity contribution in [1.82, 2.24) is 10.2 Å². The first-order valence-electron chi connectivity index (χ1n) is 8.43. The molecule has 1 heterocycles. The van der Waals surface area contributed by atoms with Crippen LogP contribution in [0, 0.1) is 5.82 Å². The third-order valence-corrected chi connectivity index (χ3v) is 4.77. The van der Waals surface area contributed by atoms with E-state index in [1.807, 2.05) is 24.3 Å². The summed E-state index contributed by atoms with van der Waals surface area (Å²) in [6.07, 6.45) is 2.28. The van der Waals surface area contributed by atoms with Gasteiger partial charge < -0.3 is 10.6 Å². The average Bonchev–Trinajstić information content (AvgIpc) is 3.13. The summed E-state index contributed by atoms with van der Waals surface area (Å²) in [6.45, 7) is 2.36. The zero-order valence-electron chi connectivity index (χ0n) is 13.8. The maximum absolute atomic E-state index is 13.6. The second kappa shape index (κ2) is 8.32. The number of halogens is 2. The van der Waals surface area contributed by atoms with Crippen LogP contribution in [0.3, 0.4) is 0 Å². The molecular formula is C19H21ClFN3O. The number of urea groups is 1. The molecule has 2 aromatic carbocycles. The molecule has 2 amide bonds. The van der Waals surface area contributed by atoms with E-state index in [0.717, 1.165) is 31.5 Å². The first-order valence-corrected chi connectivity index (χ1v) is 8.81. The molecule has 0 aromatic heterocycles. The van der Waals surface area contributed by atoms with Crippen molar-refractivity contribution in [3.63, 3.8) is 0 Å². The Balaban J connectivity index is 1.67. The van der Waals surface area contributed by atoms with Gasteiger partial charge in [0.15, 0.2) is 0 Å². The highest BCUT2D eigenvalue weighted by molar-refractivity contribution is 6.31. The fourth-order valence-corrected chi connectivity index (χ4v) is 3.41. The molecule has 2 N–H and O–H groups in total. The molecule has 0 radical (unpaired) electrons. The fourth-order valence-electron chi connectivity index (χ4n) is 3.15. The van der Waals surface area contributed by atoms with E-state index in [-0.39, 0.29) is 11.7 Å². The van der Waals surface area contributed by atoms with Crippen molar-refractivity contribution in [3.8, 4) is 0 Å². The second-order valence-corrected chi connectivity index (χ2v) is 6.50. The average molecular weight is 362 g/mol. The van der Waals surface area contributed by atoms with E-state index >= 15 is 0 Å². The van der Waals surface area contributed by atoms with Gasteiger partial charge in [-0.15, -0.1) is 0 Å². The van der Waals surface area contributed by atoms with Gasteiger partial charge in [-0.1, -0.05) is 41.9 Å². The Labute approximate surface area is 152 Å². The molecule has 0 saturated carbocycles. The lowest BCUT2D eigenvalue weighted by Gasteiger charge is -2.29. The molecule has 2 aromatic rings. The van der Waals surface area contributed by atoms with Gasteiger partial charge in [-0.3, -0.25) is 4.90 Å². The predicted octanol–water partition coefficient (Wildman–Crippen LogP) is 4.44. The van der Waals surface area contributed by atoms with Crippen LogP contribution in [0.5, 0.6) is 0 Å². The summed E-state index contributed by atoms with van der Waals surface area (Å²) in [6, 6.07) is 13.4. The minimum atomic E-state index is -0.458. The van der Waals surface area contributed by atoms with E-state index in [1.54, 1.807) is 12.1 Å². The molecule has 1 saturated heterocycles. The molecule has 1 unspecified atom stereocenters. The van der Waals surface area contributed by atoms with Crippen LogP contribution in [0.15, 0.2) is 48.5 Å². The molecular weight excluding hydrogens is 341 g/mol. The number of nitrogens with one attached hydrogen (secondary N) is 2. The highest BCUT2D eigenvalue weighted by atomic mass is 35.5. The van der Waals surface area contributed by atoms with Crippen LogP contribution < -0.4 is 10.6 Å². The Kier molecular flexibility index (Phi) is 5.89. The van der Waals surface area contributed by atoms with E-state index < -0.39 is 11.8 Å². The van der Waals surface area contributed by atoms with Crippen molar-refractivity contribution in [2.75, 3.05) is 25.0 Å². The monoisotopic (exact) mass is 361 g/mol. The summed E-state index contributed by atoms with van der Waals surface area (Å²) in [5.74, 6) is -0.458. The fraction of sp³-hybridized carbons (Fsp3) is 0.316. The van der Waals surface area contributed by atoms with Crippen molar-refractivity contribution >= 4 is 23.3 Å². The topological polar surface area (TPSA) is 44.4 Å². The maximum atomic E-state index is 13.6. The van der Waals surface area contributed by atoms with Gasteiger partial charge in [0.25, 0.3) is 0 Å². The number of para-hydroxylation sites is 1. The number of rotatable bonds is 5. The molecule has 6 heteroatoms. The van der Waals surface area contributed by atoms with Gasteiger partial charge in [-0.2, -0.15) is 0 Å². The Hall–Kier alpha value is -2.11. The summed E-state index contributed by atoms with van der Waals surface area (Å²) in [5, 5.41) is 6.08. The summed E-state index contributed by atoms with van der Waals surface area (Å²) in [4.78, 5) is 14.5. The van der Waals surface area contributed by atoms with Crippen molar-refractivity contribution in [2.45, 2.75) is 18.9 Å². The van der Waals surface area contributed by atoms with Gasteiger partial charge in [0.2, 0.25) is 0 Å². The number of hydrogen-bond donors (Lipinski definition) is 2. The third-order valence-electron chi connectivity index (χ3n) is 4.42. The largest absolute Gasteiger partial charge is 0.336 e. The molecule has 3 rings (SSSR count). The lowest BCUT2D eigenvalue weighted by atomic mass is 10.1. The van der Waals surface area contributed by atoms with Gasteiger partial charge in [-0.05, 0) is 49.7 Å². The van der Waals surface area contributed by atoms with Gasteiger partial charge >= 0.3 is 6.03 Å². The highest BCUT2D eigenvalue weighted by Crippen LogP contribution is 2.29. The zero-order chi connectivity index (χ0) is 17.6. The molecule has 4 nitrogen and oxygen atoms in total. The van der Waals surface area contributed by atoms with Crippen molar-refractivity contribution in [3.05, 3.63) is 64.9 Å². The number of carbonyl (C=O) groups is 1. The van der Waals surface area contributed by atoms with Crippen LogP contribution in [0.25, 0.3) is 0 Å². The quantitative estimate of drug-likeness (QED) is 0.827. The predicted molar refractivity (Wildman–Crippen MR) is 98.4 cm³/mol. The van der Waals surface area contributed by atoms with Crippen LogP contribution in [0.1, 0.15) is 24.4 Å². The first kappa shape index (κ1) is 17.7. The van der Waals surface area contributed by atoms with Crippen LogP contribution in [0.2, 0.25) is 5.02 Å². The summed E-state index contributed by atoms with van der Waals surface area (Å²) in [7, 11) is 0. The molecule has 1 atom stereocenters. The Morgan fingerprint density at radius 1 is 1.12 bits per heavy atom. The van der Waals surface area contributed by atoms with Gasteiger partial charge in [-0.25, -0.2) is 9.18 Å². The maximum Gasteiger partial charge on any atom is 0.319 e. The van der Waals surface area contributed by atoms with E-state index in [0.29, 0.717) is 11.6 Å². The highest BCUT2D eigenvalue weighted by Gasteiger charge is 2.25. The number of hydrogen-bond acceptors (Lipinski definition) is 2. The first-order chi connectivity index (χ1) is 12.1. The number of amides is 2. The van der Waals surface area contributed by atoms with Crippen LogP contribution in [0.4, 0.5) is 14.9 Å². The molecule has 0 aliphatic carbocycles. The van der Waals surface area contributed by atoms with Crippen molar-refractivity contribution < 1.29 is 9.18 Å². The second-order valence-electron chi connectivity index (χ2n) is 6.10. The molecule has 1 aliphatic rings. The van der Waals surface area contributed by atoms with Crippen LogP contribution in [-0.4, -0.2) is 30.6 Å². The molecule has 1 fully saturated rings. The van der Waals surface area contributed by atoms with Crippen LogP contribution in [-0.2, 0) is 0 Å². The normalized spacial score (nSPS) is 15.8. The Bertz CT molecular complexity index is 734. The zero-order valence-corrected chi connectivity index (χ0v) is 14.6. The lowest BCUT2D eigenvalue weighted by Crippen LogP contribution is -2.38. The standard InChI is InChI=1S/C19H21ClFN3O/c20-15-8-2-1-7-14(15)18(24-11-5-6-12-24)13-22-19(25)23-17-10-4-3-9-16(17)21/h1-4,7-10,18H,5-6,11-13H2,(H2,22,23,25). The van der Waals surface area contributed by atoms with E-state index in [9.17, 15) is 9.18 Å². The van der Waals surface area contributed by atoms with E-state index in [2.05, 4.69) is 15.5 Å². The van der Waals surface area contributed by atoms with Crippen molar-refractivity contribution in [2.24, 2.45) is 0 Å². The number of likely N-dealkylation sites (tertiary alicyclic amines) is 1. The van der Waals surface area contributed by atoms with E-state index in [4.69, 9.17) is 11.6 Å². The molecule has 0 bridgehead atoms.